The van der Waals surface area contributed by atoms with Gasteiger partial charge in [-0.3, -0.25) is 9.79 Å². The minimum absolute atomic E-state index is 0. The molecule has 0 radical (unpaired) electrons. The summed E-state index contributed by atoms with van der Waals surface area (Å²) in [6.07, 6.45) is 10.6. The average Bonchev–Trinajstić information content (AvgIpc) is 3.46. The number of aliphatic imine (C=N–C) groups is 1. The maximum absolute atomic E-state index is 12.4. The lowest BCUT2D eigenvalue weighted by molar-refractivity contribution is -0.119. The number of amides is 1. The molecular weight excluding hydrogens is 503 g/mol. The Labute approximate surface area is 204 Å². The van der Waals surface area contributed by atoms with Crippen LogP contribution in [0.1, 0.15) is 63.4 Å². The maximum Gasteiger partial charge on any atom is 0.227 e. The van der Waals surface area contributed by atoms with Gasteiger partial charge in [0.1, 0.15) is 0 Å². The van der Waals surface area contributed by atoms with E-state index < -0.39 is 0 Å². The van der Waals surface area contributed by atoms with Gasteiger partial charge in [0, 0.05) is 45.5 Å². The second kappa shape index (κ2) is 13.3. The number of hydrogen-bond acceptors (Lipinski definition) is 3. The molecule has 7 heteroatoms. The van der Waals surface area contributed by atoms with Crippen molar-refractivity contribution in [2.75, 3.05) is 32.6 Å². The first kappa shape index (κ1) is 25.9. The van der Waals surface area contributed by atoms with Gasteiger partial charge in [-0.25, -0.2) is 0 Å². The van der Waals surface area contributed by atoms with E-state index in [1.165, 1.54) is 38.5 Å². The van der Waals surface area contributed by atoms with Crippen LogP contribution in [0.4, 0.5) is 5.69 Å². The summed E-state index contributed by atoms with van der Waals surface area (Å²) in [5.74, 6) is 1.16. The smallest absolute Gasteiger partial charge is 0.227 e. The van der Waals surface area contributed by atoms with Gasteiger partial charge in [-0.05, 0) is 55.2 Å². The van der Waals surface area contributed by atoms with Crippen LogP contribution in [0.3, 0.4) is 0 Å². The number of carbonyl (C=O) groups is 1. The van der Waals surface area contributed by atoms with Gasteiger partial charge < -0.3 is 20.7 Å². The summed E-state index contributed by atoms with van der Waals surface area (Å²) in [5, 5.41) is 10.0. The fraction of sp³-hybridized carbons (Fsp3) is 0.667. The molecule has 2 saturated carbocycles. The first-order valence-corrected chi connectivity index (χ1v) is 11.5. The summed E-state index contributed by atoms with van der Waals surface area (Å²) >= 11 is 0. The fourth-order valence-electron chi connectivity index (χ4n) is 4.83. The molecule has 174 valence electrons. The van der Waals surface area contributed by atoms with Crippen molar-refractivity contribution in [2.24, 2.45) is 16.3 Å². The molecule has 2 aliphatic rings. The van der Waals surface area contributed by atoms with Crippen LogP contribution >= 0.6 is 24.0 Å². The van der Waals surface area contributed by atoms with Crippen molar-refractivity contribution in [3.63, 3.8) is 0 Å². The van der Waals surface area contributed by atoms with Crippen LogP contribution in [0.15, 0.2) is 29.3 Å². The number of guanidine groups is 1. The van der Waals surface area contributed by atoms with Crippen LogP contribution < -0.4 is 16.0 Å². The number of ether oxygens (including phenoxy) is 1. The second-order valence-corrected chi connectivity index (χ2v) is 8.90. The van der Waals surface area contributed by atoms with Crippen molar-refractivity contribution in [3.05, 3.63) is 29.8 Å². The van der Waals surface area contributed by atoms with E-state index in [2.05, 4.69) is 27.0 Å². The Bertz CT molecular complexity index is 713. The number of rotatable bonds is 9. The van der Waals surface area contributed by atoms with Crippen molar-refractivity contribution in [1.29, 1.82) is 0 Å². The van der Waals surface area contributed by atoms with E-state index in [0.29, 0.717) is 12.0 Å². The Balaban J connectivity index is 0.00000341. The number of benzene rings is 1. The molecule has 3 N–H and O–H groups in total. The van der Waals surface area contributed by atoms with Gasteiger partial charge in [0.15, 0.2) is 5.96 Å². The highest BCUT2D eigenvalue weighted by Crippen LogP contribution is 2.40. The third-order valence-electron chi connectivity index (χ3n) is 6.74. The average molecular weight is 543 g/mol. The van der Waals surface area contributed by atoms with Crippen LogP contribution in [0.25, 0.3) is 0 Å². The van der Waals surface area contributed by atoms with Crippen molar-refractivity contribution in [1.82, 2.24) is 10.6 Å². The summed E-state index contributed by atoms with van der Waals surface area (Å²) in [4.78, 5) is 16.8. The first-order valence-electron chi connectivity index (χ1n) is 11.5. The minimum atomic E-state index is 0. The van der Waals surface area contributed by atoms with Crippen LogP contribution in [0.2, 0.25) is 0 Å². The van der Waals surface area contributed by atoms with Crippen molar-refractivity contribution in [2.45, 2.75) is 64.3 Å². The number of nitrogens with one attached hydrogen (secondary N) is 3. The molecule has 0 unspecified atom stereocenters. The monoisotopic (exact) mass is 542 g/mol. The molecule has 0 aromatic heterocycles. The van der Waals surface area contributed by atoms with Crippen LogP contribution in [-0.2, 0) is 16.1 Å². The zero-order valence-electron chi connectivity index (χ0n) is 19.0. The quantitative estimate of drug-likeness (QED) is 0.241. The van der Waals surface area contributed by atoms with E-state index >= 15 is 0 Å². The van der Waals surface area contributed by atoms with Crippen LogP contribution in [0, 0.1) is 11.3 Å². The van der Waals surface area contributed by atoms with Crippen LogP contribution in [-0.4, -0.2) is 39.2 Å². The Morgan fingerprint density at radius 3 is 2.58 bits per heavy atom. The van der Waals surface area contributed by atoms with E-state index in [0.717, 1.165) is 49.6 Å². The van der Waals surface area contributed by atoms with Gasteiger partial charge in [-0.1, -0.05) is 37.8 Å². The van der Waals surface area contributed by atoms with Gasteiger partial charge >= 0.3 is 0 Å². The highest BCUT2D eigenvalue weighted by atomic mass is 127. The molecule has 0 atom stereocenters. The molecular formula is C24H39IN4O2. The number of nitrogens with zero attached hydrogens (tertiary/aromatic N) is 1. The Hall–Kier alpha value is -1.35. The van der Waals surface area contributed by atoms with Gasteiger partial charge in [-0.15, -0.1) is 24.0 Å². The molecule has 1 amide bonds. The van der Waals surface area contributed by atoms with E-state index in [1.54, 1.807) is 7.11 Å². The SMILES string of the molecule is CN=C(NCc1cccc(NC(=O)C2CCCC2)c1)NCC1(CCOC)CCCC1.I. The number of anilines is 1. The number of hydrogen-bond donors (Lipinski definition) is 3. The predicted molar refractivity (Wildman–Crippen MR) is 138 cm³/mol. The molecule has 0 heterocycles. The Morgan fingerprint density at radius 1 is 1.16 bits per heavy atom. The summed E-state index contributed by atoms with van der Waals surface area (Å²) < 4.78 is 5.33. The summed E-state index contributed by atoms with van der Waals surface area (Å²) in [7, 11) is 3.59. The fourth-order valence-corrected chi connectivity index (χ4v) is 4.83. The van der Waals surface area contributed by atoms with E-state index in [4.69, 9.17) is 4.74 Å². The zero-order chi connectivity index (χ0) is 21.2. The maximum atomic E-state index is 12.4. The topological polar surface area (TPSA) is 74.8 Å². The van der Waals surface area contributed by atoms with Gasteiger partial charge in [-0.2, -0.15) is 0 Å². The third kappa shape index (κ3) is 7.93. The normalized spacial score (nSPS) is 18.5. The summed E-state index contributed by atoms with van der Waals surface area (Å²) in [6, 6.07) is 8.07. The largest absolute Gasteiger partial charge is 0.385 e. The minimum Gasteiger partial charge on any atom is -0.385 e. The van der Waals surface area contributed by atoms with Gasteiger partial charge in [0.05, 0.1) is 0 Å². The molecule has 2 fully saturated rings. The molecule has 6 nitrogen and oxygen atoms in total. The lowest BCUT2D eigenvalue weighted by atomic mass is 9.83. The lowest BCUT2D eigenvalue weighted by Gasteiger charge is -2.30. The Morgan fingerprint density at radius 2 is 1.90 bits per heavy atom. The molecule has 3 rings (SSSR count). The number of halogens is 1. The Kier molecular flexibility index (Phi) is 11.1. The highest BCUT2D eigenvalue weighted by Gasteiger charge is 2.33. The molecule has 2 aliphatic carbocycles. The molecule has 0 bridgehead atoms. The highest BCUT2D eigenvalue weighted by molar-refractivity contribution is 14.0. The van der Waals surface area contributed by atoms with E-state index in [-0.39, 0.29) is 35.8 Å². The molecule has 0 aliphatic heterocycles. The molecule has 1 aromatic carbocycles. The summed E-state index contributed by atoms with van der Waals surface area (Å²) in [5.41, 5.74) is 2.31. The van der Waals surface area contributed by atoms with Gasteiger partial charge in [0.2, 0.25) is 5.91 Å². The third-order valence-corrected chi connectivity index (χ3v) is 6.74. The van der Waals surface area contributed by atoms with Crippen molar-refractivity contribution in [3.8, 4) is 0 Å². The number of carbonyl (C=O) groups excluding carboxylic acids is 1. The van der Waals surface area contributed by atoms with Gasteiger partial charge in [0.25, 0.3) is 0 Å². The lowest BCUT2D eigenvalue weighted by Crippen LogP contribution is -2.43. The predicted octanol–water partition coefficient (Wildman–Crippen LogP) is 4.70. The molecule has 0 spiro atoms. The van der Waals surface area contributed by atoms with E-state index in [9.17, 15) is 4.79 Å². The standard InChI is InChI=1S/C24H38N4O2.HI/c1-25-23(27-18-24(14-15-30-2)12-5-6-13-24)26-17-19-8-7-11-21(16-19)28-22(29)20-9-3-4-10-20;/h7-8,11,16,20H,3-6,9-10,12-15,17-18H2,1-2H3,(H,28,29)(H2,25,26,27);1H. The van der Waals surface area contributed by atoms with E-state index in [1.807, 2.05) is 25.2 Å². The number of methoxy groups -OCH3 is 1. The molecule has 31 heavy (non-hydrogen) atoms. The zero-order valence-corrected chi connectivity index (χ0v) is 21.4. The molecule has 1 aromatic rings. The van der Waals surface area contributed by atoms with Crippen molar-refractivity contribution < 1.29 is 9.53 Å². The second-order valence-electron chi connectivity index (χ2n) is 8.90. The van der Waals surface area contributed by atoms with Crippen molar-refractivity contribution >= 4 is 41.5 Å². The first-order chi connectivity index (χ1) is 14.6. The summed E-state index contributed by atoms with van der Waals surface area (Å²) in [6.45, 7) is 2.40. The van der Waals surface area contributed by atoms with Crippen LogP contribution in [0.5, 0.6) is 0 Å². The molecule has 0 saturated heterocycles.